The van der Waals surface area contributed by atoms with Crippen molar-refractivity contribution < 1.29 is 31.4 Å². The number of aliphatic hydroxyl groups is 1. The highest BCUT2D eigenvalue weighted by atomic mass is 19.4. The number of fused-ring (bicyclic) bond motifs is 1. The third kappa shape index (κ3) is 3.62. The number of hydrogen-bond donors (Lipinski definition) is 1. The molecule has 3 rings (SSSR count). The fourth-order valence-corrected chi connectivity index (χ4v) is 3.11. The molecular formula is C20H15F6NO2. The van der Waals surface area contributed by atoms with E-state index in [9.17, 15) is 36.2 Å². The number of halogens is 6. The lowest BCUT2D eigenvalue weighted by molar-refractivity contribution is -0.376. The van der Waals surface area contributed by atoms with Crippen LogP contribution < -0.4 is 5.56 Å². The van der Waals surface area contributed by atoms with Gasteiger partial charge in [-0.3, -0.25) is 4.79 Å². The molecule has 3 nitrogen and oxygen atoms in total. The van der Waals surface area contributed by atoms with Gasteiger partial charge in [0.25, 0.3) is 11.2 Å². The molecule has 0 aliphatic heterocycles. The third-order valence-corrected chi connectivity index (χ3v) is 4.68. The molecule has 2 aromatic carbocycles. The minimum absolute atomic E-state index is 0.0595. The fourth-order valence-electron chi connectivity index (χ4n) is 3.11. The van der Waals surface area contributed by atoms with Gasteiger partial charge in [0.05, 0.1) is 12.1 Å². The highest BCUT2D eigenvalue weighted by Gasteiger charge is 2.71. The fraction of sp³-hybridized carbons (Fsp3) is 0.250. The largest absolute Gasteiger partial charge is 0.430 e. The SMILES string of the molecule is Cc1ccc2c(ccc(=O)n2Cc2ccc(C(O)(C(F)(F)F)C(F)(F)F)cc2)c1. The molecule has 3 aromatic rings. The van der Waals surface area contributed by atoms with Crippen LogP contribution in [0, 0.1) is 6.92 Å². The summed E-state index contributed by atoms with van der Waals surface area (Å²) in [6, 6.07) is 11.5. The normalized spacial score (nSPS) is 13.1. The van der Waals surface area contributed by atoms with Gasteiger partial charge in [0.2, 0.25) is 0 Å². The van der Waals surface area contributed by atoms with Gasteiger partial charge in [0.1, 0.15) is 0 Å². The molecule has 0 aliphatic carbocycles. The summed E-state index contributed by atoms with van der Waals surface area (Å²) in [5.41, 5.74) is -4.85. The second kappa shape index (κ2) is 6.91. The summed E-state index contributed by atoms with van der Waals surface area (Å²) in [7, 11) is 0. The van der Waals surface area contributed by atoms with E-state index >= 15 is 0 Å². The van der Waals surface area contributed by atoms with Crippen molar-refractivity contribution in [2.24, 2.45) is 0 Å². The van der Waals surface area contributed by atoms with Crippen LogP contribution in [0.3, 0.4) is 0 Å². The van der Waals surface area contributed by atoms with E-state index in [0.29, 0.717) is 23.2 Å². The predicted molar refractivity (Wildman–Crippen MR) is 94.5 cm³/mol. The summed E-state index contributed by atoms with van der Waals surface area (Å²) in [5, 5.41) is 10.2. The van der Waals surface area contributed by atoms with Crippen LogP contribution in [0.2, 0.25) is 0 Å². The molecule has 0 amide bonds. The van der Waals surface area contributed by atoms with Crippen molar-refractivity contribution in [1.82, 2.24) is 4.57 Å². The third-order valence-electron chi connectivity index (χ3n) is 4.68. The maximum absolute atomic E-state index is 13.0. The molecule has 1 aromatic heterocycles. The second-order valence-corrected chi connectivity index (χ2v) is 6.72. The molecule has 154 valence electrons. The molecule has 29 heavy (non-hydrogen) atoms. The number of aryl methyl sites for hydroxylation is 1. The highest BCUT2D eigenvalue weighted by molar-refractivity contribution is 5.79. The van der Waals surface area contributed by atoms with E-state index in [-0.39, 0.29) is 12.1 Å². The van der Waals surface area contributed by atoms with E-state index in [4.69, 9.17) is 0 Å². The van der Waals surface area contributed by atoms with Crippen molar-refractivity contribution in [3.63, 3.8) is 0 Å². The average molecular weight is 415 g/mol. The second-order valence-electron chi connectivity index (χ2n) is 6.72. The molecule has 0 saturated heterocycles. The van der Waals surface area contributed by atoms with E-state index in [2.05, 4.69) is 0 Å². The summed E-state index contributed by atoms with van der Waals surface area (Å²) in [5.74, 6) is 0. The van der Waals surface area contributed by atoms with Crippen LogP contribution in [-0.4, -0.2) is 22.0 Å². The summed E-state index contributed by atoms with van der Waals surface area (Å²) in [6.07, 6.45) is -11.9. The zero-order valence-corrected chi connectivity index (χ0v) is 15.0. The van der Waals surface area contributed by atoms with Crippen LogP contribution in [-0.2, 0) is 12.1 Å². The van der Waals surface area contributed by atoms with Crippen molar-refractivity contribution >= 4 is 10.9 Å². The molecule has 9 heteroatoms. The molecule has 0 atom stereocenters. The first-order chi connectivity index (χ1) is 13.3. The Morgan fingerprint density at radius 3 is 2.00 bits per heavy atom. The van der Waals surface area contributed by atoms with E-state index in [1.807, 2.05) is 13.0 Å². The van der Waals surface area contributed by atoms with Crippen molar-refractivity contribution in [3.05, 3.63) is 81.6 Å². The lowest BCUT2D eigenvalue weighted by Gasteiger charge is -2.32. The first-order valence-corrected chi connectivity index (χ1v) is 8.40. The molecule has 1 heterocycles. The van der Waals surface area contributed by atoms with E-state index in [0.717, 1.165) is 23.1 Å². The van der Waals surface area contributed by atoms with Gasteiger partial charge >= 0.3 is 12.4 Å². The predicted octanol–water partition coefficient (Wildman–Crippen LogP) is 4.67. The Morgan fingerprint density at radius 1 is 0.862 bits per heavy atom. The highest BCUT2D eigenvalue weighted by Crippen LogP contribution is 2.49. The lowest BCUT2D eigenvalue weighted by Crippen LogP contribution is -2.53. The van der Waals surface area contributed by atoms with Gasteiger partial charge in [-0.25, -0.2) is 0 Å². The minimum atomic E-state index is -5.95. The maximum atomic E-state index is 13.0. The Labute approximate surface area is 160 Å². The smallest absolute Gasteiger partial charge is 0.369 e. The Kier molecular flexibility index (Phi) is 4.98. The summed E-state index contributed by atoms with van der Waals surface area (Å²) in [6.45, 7) is 1.81. The number of alkyl halides is 6. The first kappa shape index (κ1) is 20.9. The number of benzene rings is 2. The van der Waals surface area contributed by atoms with Crippen LogP contribution in [0.15, 0.2) is 59.4 Å². The topological polar surface area (TPSA) is 42.2 Å². The van der Waals surface area contributed by atoms with Gasteiger partial charge in [-0.1, -0.05) is 35.9 Å². The van der Waals surface area contributed by atoms with Crippen LogP contribution in [0.5, 0.6) is 0 Å². The van der Waals surface area contributed by atoms with Crippen LogP contribution in [0.25, 0.3) is 10.9 Å². The van der Waals surface area contributed by atoms with E-state index in [1.165, 1.54) is 10.6 Å². The van der Waals surface area contributed by atoms with Gasteiger partial charge < -0.3 is 9.67 Å². The Bertz CT molecular complexity index is 1080. The summed E-state index contributed by atoms with van der Waals surface area (Å²) >= 11 is 0. The molecule has 0 fully saturated rings. The minimum Gasteiger partial charge on any atom is -0.369 e. The van der Waals surface area contributed by atoms with Crippen molar-refractivity contribution in [1.29, 1.82) is 0 Å². The Morgan fingerprint density at radius 2 is 1.45 bits per heavy atom. The van der Waals surface area contributed by atoms with Crippen LogP contribution in [0.1, 0.15) is 16.7 Å². The monoisotopic (exact) mass is 415 g/mol. The van der Waals surface area contributed by atoms with Crippen molar-refractivity contribution in [2.75, 3.05) is 0 Å². The molecule has 0 bridgehead atoms. The quantitative estimate of drug-likeness (QED) is 0.632. The number of aromatic nitrogens is 1. The molecule has 1 N–H and O–H groups in total. The average Bonchev–Trinajstić information content (AvgIpc) is 2.62. The summed E-state index contributed by atoms with van der Waals surface area (Å²) in [4.78, 5) is 12.2. The molecular weight excluding hydrogens is 400 g/mol. The van der Waals surface area contributed by atoms with Crippen molar-refractivity contribution in [3.8, 4) is 0 Å². The Balaban J connectivity index is 2.02. The standard InChI is InChI=1S/C20H15F6NO2/c1-12-2-8-16-14(10-12)5-9-17(28)27(16)11-13-3-6-15(7-4-13)18(29,19(21,22)23)20(24,25)26/h2-10,29H,11H2,1H3. The van der Waals surface area contributed by atoms with Gasteiger partial charge in [0.15, 0.2) is 0 Å². The molecule has 0 spiro atoms. The van der Waals surface area contributed by atoms with Crippen molar-refractivity contribution in [2.45, 2.75) is 31.4 Å². The molecule has 0 radical (unpaired) electrons. The number of hydrogen-bond acceptors (Lipinski definition) is 2. The Hall–Kier alpha value is -2.81. The van der Waals surface area contributed by atoms with Crippen LogP contribution in [0.4, 0.5) is 26.3 Å². The van der Waals surface area contributed by atoms with Gasteiger partial charge in [-0.05, 0) is 36.1 Å². The number of rotatable bonds is 3. The van der Waals surface area contributed by atoms with Gasteiger partial charge in [-0.15, -0.1) is 0 Å². The van der Waals surface area contributed by atoms with Gasteiger partial charge in [0, 0.05) is 11.6 Å². The van der Waals surface area contributed by atoms with E-state index in [1.54, 1.807) is 18.2 Å². The van der Waals surface area contributed by atoms with Gasteiger partial charge in [-0.2, -0.15) is 26.3 Å². The number of nitrogens with zero attached hydrogens (tertiary/aromatic N) is 1. The first-order valence-electron chi connectivity index (χ1n) is 8.40. The zero-order valence-electron chi connectivity index (χ0n) is 15.0. The lowest BCUT2D eigenvalue weighted by atomic mass is 9.91. The van der Waals surface area contributed by atoms with Crippen LogP contribution >= 0.6 is 0 Å². The summed E-state index contributed by atoms with van der Waals surface area (Å²) < 4.78 is 79.2. The van der Waals surface area contributed by atoms with E-state index < -0.39 is 23.5 Å². The molecule has 0 aliphatic rings. The maximum Gasteiger partial charge on any atom is 0.430 e. The molecule has 0 saturated carbocycles. The molecule has 0 unspecified atom stereocenters. The number of pyridine rings is 1. The zero-order chi connectivity index (χ0) is 21.6.